The number of hydrogen-bond acceptors (Lipinski definition) is 0. The summed E-state index contributed by atoms with van der Waals surface area (Å²) in [6, 6.07) is 0. The second kappa shape index (κ2) is 13.6. The van der Waals surface area contributed by atoms with Gasteiger partial charge in [-0.3, -0.25) is 0 Å². The van der Waals surface area contributed by atoms with E-state index in [0.717, 1.165) is 0 Å². The van der Waals surface area contributed by atoms with Gasteiger partial charge in [-0.25, -0.2) is 0 Å². The molecule has 3 heteroatoms. The molecule has 4 aliphatic carbocycles. The first-order valence-electron chi connectivity index (χ1n) is 6.55. The van der Waals surface area contributed by atoms with E-state index in [1.54, 1.807) is 0 Å². The van der Waals surface area contributed by atoms with Gasteiger partial charge in [0, 0.05) is 45.4 Å². The molecule has 0 unspecified atom stereocenters. The average molecular weight is 334 g/mol. The quantitative estimate of drug-likeness (QED) is 0.368. The van der Waals surface area contributed by atoms with Gasteiger partial charge in [0.15, 0.2) is 0 Å². The molecule has 10 radical (unpaired) electrons. The van der Waals surface area contributed by atoms with E-state index in [0.29, 0.717) is 0 Å². The summed E-state index contributed by atoms with van der Waals surface area (Å²) in [5.74, 6) is 5.32. The molecule has 0 N–H and O–H groups in total. The van der Waals surface area contributed by atoms with E-state index in [1.807, 2.05) is 0 Å². The first kappa shape index (κ1) is 22.2. The van der Waals surface area contributed by atoms with Crippen molar-refractivity contribution in [2.45, 2.75) is 0 Å². The minimum atomic E-state index is 0. The van der Waals surface area contributed by atoms with Gasteiger partial charge in [0.1, 0.15) is 0 Å². The van der Waals surface area contributed by atoms with Gasteiger partial charge < -0.3 is 0 Å². The molecule has 0 saturated heterocycles. The molecule has 2 fully saturated rings. The van der Waals surface area contributed by atoms with Crippen LogP contribution in [0.2, 0.25) is 0 Å². The van der Waals surface area contributed by atoms with Crippen LogP contribution < -0.4 is 0 Å². The standard InChI is InChI=1S/2C9H7.2CO.Ti/c2*1-2-5-9-7-3-6-8(9)4-1;2*1-2;/h2*1-7H;;;. The van der Waals surface area contributed by atoms with Crippen LogP contribution in [0.25, 0.3) is 0 Å². The maximum atomic E-state index is 7.50. The number of allylic oxidation sites excluding steroid dienone is 8. The molecule has 4 aliphatic rings. The second-order valence-electron chi connectivity index (χ2n) is 4.31. The maximum Gasteiger partial charge on any atom is 0.0124 e. The Bertz CT molecular complexity index is 391. The van der Waals surface area contributed by atoms with Crippen molar-refractivity contribution in [3.63, 3.8) is 0 Å². The summed E-state index contributed by atoms with van der Waals surface area (Å²) in [6.07, 6.45) is 29.3. The molecule has 0 atom stereocenters. The van der Waals surface area contributed by atoms with Gasteiger partial charge in [-0.05, 0) is 38.5 Å². The molecule has 0 bridgehead atoms. The summed E-state index contributed by atoms with van der Waals surface area (Å²) in [6.45, 7) is 9.00. The third kappa shape index (κ3) is 7.06. The smallest absolute Gasteiger partial charge is 0.0124 e. The first-order valence-corrected chi connectivity index (χ1v) is 6.55. The molecule has 0 spiro atoms. The molecule has 0 aliphatic heterocycles. The summed E-state index contributed by atoms with van der Waals surface area (Å²) in [7, 11) is 0. The Morgan fingerprint density at radius 2 is 0.696 bits per heavy atom. The van der Waals surface area contributed by atoms with Crippen molar-refractivity contribution in [1.82, 2.24) is 0 Å². The third-order valence-electron chi connectivity index (χ3n) is 3.10. The molecule has 23 heavy (non-hydrogen) atoms. The molecule has 110 valence electrons. The second-order valence-corrected chi connectivity index (χ2v) is 4.31. The summed E-state index contributed by atoms with van der Waals surface area (Å²) >= 11 is 0. The fourth-order valence-corrected chi connectivity index (χ4v) is 2.14. The minimum Gasteiger partial charge on any atom is -0.0762 e. The molecule has 0 aromatic rings. The monoisotopic (exact) mass is 334 g/mol. The molecular weight excluding hydrogens is 320 g/mol. The molecule has 4 rings (SSSR count). The van der Waals surface area contributed by atoms with E-state index in [2.05, 4.69) is 100 Å². The van der Waals surface area contributed by atoms with Gasteiger partial charge in [0.2, 0.25) is 0 Å². The van der Waals surface area contributed by atoms with Gasteiger partial charge in [0.25, 0.3) is 0 Å². The fourth-order valence-electron chi connectivity index (χ4n) is 2.14. The summed E-state index contributed by atoms with van der Waals surface area (Å²) in [4.78, 5) is 0. The molecular formula is C20H14O2Ti. The molecule has 2 nitrogen and oxygen atoms in total. The van der Waals surface area contributed by atoms with Crippen molar-refractivity contribution in [2.75, 3.05) is 0 Å². The fraction of sp³-hybridized carbons (Fsp3) is 0. The normalized spacial score (nSPS) is 21.4. The van der Waals surface area contributed by atoms with Crippen molar-refractivity contribution < 1.29 is 31.0 Å². The summed E-state index contributed by atoms with van der Waals surface area (Å²) in [5, 5.41) is 0. The topological polar surface area (TPSA) is 39.8 Å². The largest absolute Gasteiger partial charge is 0.0762 e. The van der Waals surface area contributed by atoms with Crippen molar-refractivity contribution >= 4 is 0 Å². The van der Waals surface area contributed by atoms with Crippen molar-refractivity contribution in [3.8, 4) is 0 Å². The van der Waals surface area contributed by atoms with Crippen LogP contribution in [0.1, 0.15) is 0 Å². The predicted octanol–water partition coefficient (Wildman–Crippen LogP) is 3.70. The summed E-state index contributed by atoms with van der Waals surface area (Å²) < 4.78 is 15.0. The first-order chi connectivity index (χ1) is 10.9. The van der Waals surface area contributed by atoms with Gasteiger partial charge >= 0.3 is 22.6 Å². The zero-order chi connectivity index (χ0) is 16.2. The minimum absolute atomic E-state index is 0. The zero-order valence-corrected chi connectivity index (χ0v) is 14.0. The number of hydrogen-bond donors (Lipinski definition) is 0. The van der Waals surface area contributed by atoms with Crippen LogP contribution in [0.15, 0.2) is 48.6 Å². The molecule has 0 aromatic carbocycles. The van der Waals surface area contributed by atoms with E-state index in [9.17, 15) is 0 Å². The van der Waals surface area contributed by atoms with Crippen LogP contribution in [-0.2, 0) is 31.0 Å². The van der Waals surface area contributed by atoms with E-state index in [-0.39, 0.29) is 21.7 Å². The molecule has 0 aromatic heterocycles. The summed E-state index contributed by atoms with van der Waals surface area (Å²) in [5.41, 5.74) is 0. The van der Waals surface area contributed by atoms with Crippen LogP contribution in [0.5, 0.6) is 0 Å². The van der Waals surface area contributed by atoms with Crippen LogP contribution in [0.4, 0.5) is 0 Å². The van der Waals surface area contributed by atoms with Crippen molar-refractivity contribution in [3.05, 3.63) is 124 Å². The molecule has 0 amide bonds. The van der Waals surface area contributed by atoms with Crippen LogP contribution in [0.3, 0.4) is 0 Å². The van der Waals surface area contributed by atoms with Gasteiger partial charge in [0.05, 0.1) is 0 Å². The SMILES string of the molecule is [C-]#[O+].[C-]#[O+].[CH]1[CH][C]2C=CC=C[C]2[CH]1.[CH]1[CH][C]2C=CC=C[C]2[CH]1.[Ti]. The van der Waals surface area contributed by atoms with E-state index in [4.69, 9.17) is 9.30 Å². The average Bonchev–Trinajstić information content (AvgIpc) is 3.28. The van der Waals surface area contributed by atoms with Crippen LogP contribution in [0, 0.1) is 75.5 Å². The zero-order valence-electron chi connectivity index (χ0n) is 12.4. The Kier molecular flexibility index (Phi) is 13.1. The van der Waals surface area contributed by atoms with Crippen molar-refractivity contribution in [2.24, 2.45) is 0 Å². The Morgan fingerprint density at radius 1 is 0.478 bits per heavy atom. The van der Waals surface area contributed by atoms with E-state index < -0.39 is 0 Å². The van der Waals surface area contributed by atoms with Gasteiger partial charge in [-0.1, -0.05) is 48.6 Å². The number of fused-ring (bicyclic) bond motifs is 2. The van der Waals surface area contributed by atoms with Crippen LogP contribution in [-0.4, -0.2) is 0 Å². The Morgan fingerprint density at radius 3 is 0.913 bits per heavy atom. The number of rotatable bonds is 0. The Hall–Kier alpha value is -0.846. The van der Waals surface area contributed by atoms with Crippen molar-refractivity contribution in [1.29, 1.82) is 0 Å². The molecule has 2 saturated carbocycles. The van der Waals surface area contributed by atoms with Crippen LogP contribution >= 0.6 is 0 Å². The third-order valence-corrected chi connectivity index (χ3v) is 3.10. The Labute approximate surface area is 155 Å². The van der Waals surface area contributed by atoms with Gasteiger partial charge in [-0.15, -0.1) is 0 Å². The van der Waals surface area contributed by atoms with E-state index in [1.165, 1.54) is 23.7 Å². The van der Waals surface area contributed by atoms with Gasteiger partial charge in [-0.2, -0.15) is 0 Å². The van der Waals surface area contributed by atoms with E-state index >= 15 is 0 Å². The molecule has 0 heterocycles. The maximum absolute atomic E-state index is 7.50. The predicted molar refractivity (Wildman–Crippen MR) is 83.2 cm³/mol. The Balaban J connectivity index is 0.000000335.